The average molecular weight is 211 g/mol. The van der Waals surface area contributed by atoms with Crippen molar-refractivity contribution in [3.63, 3.8) is 0 Å². The van der Waals surface area contributed by atoms with Gasteiger partial charge in [0.1, 0.15) is 0 Å². The molecule has 0 aliphatic carbocycles. The van der Waals surface area contributed by atoms with Gasteiger partial charge < -0.3 is 4.74 Å². The predicted octanol–water partition coefficient (Wildman–Crippen LogP) is 0.806. The number of carbonyl (C=O) groups is 2. The zero-order chi connectivity index (χ0) is 11.2. The van der Waals surface area contributed by atoms with Crippen LogP contribution < -0.4 is 0 Å². The highest BCUT2D eigenvalue weighted by molar-refractivity contribution is 6.04. The first-order valence-electron chi connectivity index (χ1n) is 5.44. The van der Waals surface area contributed by atoms with E-state index >= 15 is 0 Å². The fraction of sp³-hybridized carbons (Fsp3) is 0.818. The van der Waals surface area contributed by atoms with Crippen molar-refractivity contribution in [1.82, 2.24) is 4.90 Å². The minimum Gasteiger partial charge on any atom is -0.378 e. The molecule has 2 amide bonds. The summed E-state index contributed by atoms with van der Waals surface area (Å²) in [6.45, 7) is 6.73. The van der Waals surface area contributed by atoms with Crippen LogP contribution in [-0.4, -0.2) is 36.0 Å². The number of hydrogen-bond acceptors (Lipinski definition) is 3. The molecule has 0 aromatic carbocycles. The summed E-state index contributed by atoms with van der Waals surface area (Å²) in [6, 6.07) is 0.0100. The Morgan fingerprint density at radius 2 is 2.20 bits per heavy atom. The molecule has 2 aliphatic rings. The van der Waals surface area contributed by atoms with E-state index in [9.17, 15) is 9.59 Å². The first-order chi connectivity index (χ1) is 6.99. The van der Waals surface area contributed by atoms with Crippen LogP contribution in [0.5, 0.6) is 0 Å². The fourth-order valence-electron chi connectivity index (χ4n) is 2.02. The summed E-state index contributed by atoms with van der Waals surface area (Å²) in [5.74, 6) is -0.160. The molecule has 2 unspecified atom stereocenters. The maximum absolute atomic E-state index is 12.1. The van der Waals surface area contributed by atoms with Gasteiger partial charge in [-0.05, 0) is 6.42 Å². The van der Waals surface area contributed by atoms with Crippen molar-refractivity contribution >= 4 is 11.8 Å². The van der Waals surface area contributed by atoms with E-state index in [1.807, 2.05) is 20.8 Å². The Balaban J connectivity index is 2.12. The van der Waals surface area contributed by atoms with Gasteiger partial charge in [0.05, 0.1) is 25.2 Å². The maximum Gasteiger partial charge on any atom is 0.237 e. The van der Waals surface area contributed by atoms with Gasteiger partial charge in [-0.15, -0.1) is 0 Å². The number of likely N-dealkylation sites (tertiary alicyclic amines) is 1. The standard InChI is InChI=1S/C11H17NO3/c1-4-11(2,3)10(14)12-8-6-15-5-7(8)9(12)13/h7-8H,4-6H2,1-3H3. The summed E-state index contributed by atoms with van der Waals surface area (Å²) in [6.07, 6.45) is 0.744. The molecule has 2 saturated heterocycles. The molecule has 84 valence electrons. The van der Waals surface area contributed by atoms with E-state index in [2.05, 4.69) is 0 Å². The zero-order valence-corrected chi connectivity index (χ0v) is 9.45. The summed E-state index contributed by atoms with van der Waals surface area (Å²) < 4.78 is 5.21. The van der Waals surface area contributed by atoms with Crippen LogP contribution in [0.3, 0.4) is 0 Å². The monoisotopic (exact) mass is 211 g/mol. The molecule has 4 nitrogen and oxygen atoms in total. The fourth-order valence-corrected chi connectivity index (χ4v) is 2.02. The first kappa shape index (κ1) is 10.6. The van der Waals surface area contributed by atoms with E-state index in [-0.39, 0.29) is 23.8 Å². The minimum absolute atomic E-state index is 0.0100. The Labute approximate surface area is 89.6 Å². The average Bonchev–Trinajstić information content (AvgIpc) is 2.61. The SMILES string of the molecule is CCC(C)(C)C(=O)N1C(=O)C2COCC21. The van der Waals surface area contributed by atoms with Gasteiger partial charge in [0.25, 0.3) is 0 Å². The summed E-state index contributed by atoms with van der Waals surface area (Å²) in [7, 11) is 0. The third-order valence-corrected chi connectivity index (χ3v) is 3.62. The van der Waals surface area contributed by atoms with Gasteiger partial charge in [-0.2, -0.15) is 0 Å². The highest BCUT2D eigenvalue weighted by Gasteiger charge is 2.55. The Morgan fingerprint density at radius 3 is 2.80 bits per heavy atom. The van der Waals surface area contributed by atoms with Gasteiger partial charge in [-0.3, -0.25) is 14.5 Å². The highest BCUT2D eigenvalue weighted by Crippen LogP contribution is 2.36. The second-order valence-electron chi connectivity index (χ2n) is 4.96. The van der Waals surface area contributed by atoms with Crippen molar-refractivity contribution in [3.8, 4) is 0 Å². The largest absolute Gasteiger partial charge is 0.378 e. The number of imide groups is 1. The van der Waals surface area contributed by atoms with E-state index in [1.54, 1.807) is 0 Å². The van der Waals surface area contributed by atoms with Crippen LogP contribution in [0.2, 0.25) is 0 Å². The zero-order valence-electron chi connectivity index (χ0n) is 9.45. The first-order valence-corrected chi connectivity index (χ1v) is 5.44. The maximum atomic E-state index is 12.1. The molecule has 0 aromatic rings. The Hall–Kier alpha value is -0.900. The van der Waals surface area contributed by atoms with Crippen molar-refractivity contribution in [3.05, 3.63) is 0 Å². The number of β-lactam (4-membered cyclic amide) rings is 1. The van der Waals surface area contributed by atoms with E-state index < -0.39 is 5.41 Å². The normalized spacial score (nSPS) is 30.1. The molecule has 0 spiro atoms. The molecule has 2 fully saturated rings. The van der Waals surface area contributed by atoms with Crippen LogP contribution in [0.25, 0.3) is 0 Å². The van der Waals surface area contributed by atoms with Crippen LogP contribution in [-0.2, 0) is 14.3 Å². The molecule has 2 atom stereocenters. The van der Waals surface area contributed by atoms with Gasteiger partial charge in [0.15, 0.2) is 0 Å². The number of rotatable bonds is 2. The van der Waals surface area contributed by atoms with Crippen molar-refractivity contribution in [2.75, 3.05) is 13.2 Å². The van der Waals surface area contributed by atoms with Gasteiger partial charge in [0, 0.05) is 5.41 Å². The van der Waals surface area contributed by atoms with E-state index in [4.69, 9.17) is 4.74 Å². The molecular weight excluding hydrogens is 194 g/mol. The molecule has 0 N–H and O–H groups in total. The molecule has 0 bridgehead atoms. The van der Waals surface area contributed by atoms with Crippen molar-refractivity contribution < 1.29 is 14.3 Å². The molecular formula is C11H17NO3. The minimum atomic E-state index is -0.441. The molecule has 2 heterocycles. The van der Waals surface area contributed by atoms with Gasteiger partial charge in [-0.1, -0.05) is 20.8 Å². The Bertz CT molecular complexity index is 311. The lowest BCUT2D eigenvalue weighted by Crippen LogP contribution is -2.64. The predicted molar refractivity (Wildman–Crippen MR) is 54.0 cm³/mol. The molecule has 2 aliphatic heterocycles. The lowest BCUT2D eigenvalue weighted by atomic mass is 9.82. The summed E-state index contributed by atoms with van der Waals surface area (Å²) in [5, 5.41) is 0. The van der Waals surface area contributed by atoms with Crippen LogP contribution in [0, 0.1) is 11.3 Å². The van der Waals surface area contributed by atoms with Crippen LogP contribution >= 0.6 is 0 Å². The van der Waals surface area contributed by atoms with E-state index in [0.717, 1.165) is 6.42 Å². The van der Waals surface area contributed by atoms with Gasteiger partial charge in [0.2, 0.25) is 11.8 Å². The van der Waals surface area contributed by atoms with Gasteiger partial charge in [-0.25, -0.2) is 0 Å². The van der Waals surface area contributed by atoms with Crippen LogP contribution in [0.15, 0.2) is 0 Å². The van der Waals surface area contributed by atoms with E-state index in [1.165, 1.54) is 4.90 Å². The molecule has 15 heavy (non-hydrogen) atoms. The summed E-state index contributed by atoms with van der Waals surface area (Å²) in [5.41, 5.74) is -0.441. The highest BCUT2D eigenvalue weighted by atomic mass is 16.5. The second-order valence-corrected chi connectivity index (χ2v) is 4.96. The third-order valence-electron chi connectivity index (χ3n) is 3.62. The number of nitrogens with zero attached hydrogens (tertiary/aromatic N) is 1. The van der Waals surface area contributed by atoms with Crippen molar-refractivity contribution in [2.24, 2.45) is 11.3 Å². The number of fused-ring (bicyclic) bond motifs is 1. The number of hydrogen-bond donors (Lipinski definition) is 0. The van der Waals surface area contributed by atoms with Crippen molar-refractivity contribution in [1.29, 1.82) is 0 Å². The van der Waals surface area contributed by atoms with Gasteiger partial charge >= 0.3 is 0 Å². The number of ether oxygens (including phenoxy) is 1. The van der Waals surface area contributed by atoms with Crippen LogP contribution in [0.4, 0.5) is 0 Å². The smallest absolute Gasteiger partial charge is 0.237 e. The van der Waals surface area contributed by atoms with Crippen LogP contribution in [0.1, 0.15) is 27.2 Å². The molecule has 4 heteroatoms. The molecule has 2 rings (SSSR count). The third kappa shape index (κ3) is 1.39. The van der Waals surface area contributed by atoms with E-state index in [0.29, 0.717) is 13.2 Å². The summed E-state index contributed by atoms with van der Waals surface area (Å²) in [4.78, 5) is 25.2. The lowest BCUT2D eigenvalue weighted by Gasteiger charge is -2.43. The second kappa shape index (κ2) is 3.30. The lowest BCUT2D eigenvalue weighted by molar-refractivity contribution is -0.168. The quantitative estimate of drug-likeness (QED) is 0.635. The topological polar surface area (TPSA) is 46.6 Å². The molecule has 0 radical (unpaired) electrons. The molecule has 0 saturated carbocycles. The molecule has 0 aromatic heterocycles. The Morgan fingerprint density at radius 1 is 1.53 bits per heavy atom. The summed E-state index contributed by atoms with van der Waals surface area (Å²) >= 11 is 0. The number of carbonyl (C=O) groups excluding carboxylic acids is 2. The Kier molecular flexibility index (Phi) is 2.34. The number of amides is 2. The van der Waals surface area contributed by atoms with Crippen molar-refractivity contribution in [2.45, 2.75) is 33.2 Å².